The highest BCUT2D eigenvalue weighted by Gasteiger charge is 2.31. The molecule has 0 bridgehead atoms. The van der Waals surface area contributed by atoms with E-state index in [9.17, 15) is 9.59 Å². The Balaban J connectivity index is 2.44. The minimum atomic E-state index is -0.218. The van der Waals surface area contributed by atoms with E-state index in [1.807, 2.05) is 0 Å². The first kappa shape index (κ1) is 9.15. The lowest BCUT2D eigenvalue weighted by Gasteiger charge is -2.13. The number of hydrogen-bond acceptors (Lipinski definition) is 3. The second kappa shape index (κ2) is 3.38. The molecule has 1 aromatic heterocycles. The Morgan fingerprint density at radius 1 is 1.29 bits per heavy atom. The first-order valence-electron chi connectivity index (χ1n) is 4.16. The number of amides is 2. The van der Waals surface area contributed by atoms with Gasteiger partial charge in [0.25, 0.3) is 0 Å². The molecule has 72 valence electrons. The first-order valence-corrected chi connectivity index (χ1v) is 4.54. The van der Waals surface area contributed by atoms with E-state index in [2.05, 4.69) is 4.98 Å². The van der Waals surface area contributed by atoms with Crippen LogP contribution in [0.25, 0.3) is 0 Å². The second-order valence-corrected chi connectivity index (χ2v) is 3.29. The Labute approximate surface area is 85.5 Å². The molecular weight excluding hydrogens is 204 g/mol. The molecule has 1 saturated heterocycles. The van der Waals surface area contributed by atoms with Gasteiger partial charge >= 0.3 is 0 Å². The van der Waals surface area contributed by atoms with Crippen molar-refractivity contribution in [3.05, 3.63) is 23.5 Å². The molecule has 4 nitrogen and oxygen atoms in total. The fraction of sp³-hybridized carbons (Fsp3) is 0.222. The number of rotatable bonds is 1. The molecule has 0 radical (unpaired) electrons. The van der Waals surface area contributed by atoms with Crippen LogP contribution in [0.1, 0.15) is 12.8 Å². The highest BCUT2D eigenvalue weighted by molar-refractivity contribution is 6.34. The molecule has 0 atom stereocenters. The zero-order chi connectivity index (χ0) is 10.1. The number of halogens is 1. The fourth-order valence-electron chi connectivity index (χ4n) is 1.39. The fourth-order valence-corrected chi connectivity index (χ4v) is 1.59. The number of anilines is 1. The molecule has 0 aliphatic carbocycles. The largest absolute Gasteiger partial charge is 0.274 e. The maximum atomic E-state index is 11.4. The van der Waals surface area contributed by atoms with Gasteiger partial charge in [-0.05, 0) is 12.1 Å². The summed E-state index contributed by atoms with van der Waals surface area (Å²) in [5, 5.41) is 0.177. The van der Waals surface area contributed by atoms with Crippen molar-refractivity contribution in [3.63, 3.8) is 0 Å². The average Bonchev–Trinajstić information content (AvgIpc) is 2.48. The predicted molar refractivity (Wildman–Crippen MR) is 51.0 cm³/mol. The van der Waals surface area contributed by atoms with Crippen molar-refractivity contribution in [2.75, 3.05) is 4.90 Å². The second-order valence-electron chi connectivity index (χ2n) is 2.94. The summed E-state index contributed by atoms with van der Waals surface area (Å²) in [4.78, 5) is 27.6. The topological polar surface area (TPSA) is 50.3 Å². The van der Waals surface area contributed by atoms with E-state index in [4.69, 9.17) is 11.6 Å². The van der Waals surface area contributed by atoms with Crippen LogP contribution in [0.2, 0.25) is 5.15 Å². The lowest BCUT2D eigenvalue weighted by molar-refractivity contribution is -0.121. The molecule has 2 heterocycles. The van der Waals surface area contributed by atoms with Crippen LogP contribution in [-0.4, -0.2) is 16.8 Å². The Kier molecular flexibility index (Phi) is 2.21. The van der Waals surface area contributed by atoms with E-state index in [1.165, 1.54) is 6.20 Å². The highest BCUT2D eigenvalue weighted by Crippen LogP contribution is 2.27. The Morgan fingerprint density at radius 2 is 1.93 bits per heavy atom. The Bertz CT molecular complexity index is 390. The third-order valence-corrected chi connectivity index (χ3v) is 2.32. The third kappa shape index (κ3) is 1.37. The van der Waals surface area contributed by atoms with Crippen LogP contribution in [0.3, 0.4) is 0 Å². The van der Waals surface area contributed by atoms with Crippen LogP contribution in [0.4, 0.5) is 5.69 Å². The summed E-state index contributed by atoms with van der Waals surface area (Å²) in [7, 11) is 0. The molecular formula is C9H7ClN2O2. The van der Waals surface area contributed by atoms with E-state index in [0.29, 0.717) is 5.69 Å². The maximum Gasteiger partial charge on any atom is 0.234 e. The van der Waals surface area contributed by atoms with E-state index in [1.54, 1.807) is 12.1 Å². The van der Waals surface area contributed by atoms with Crippen LogP contribution in [0, 0.1) is 0 Å². The van der Waals surface area contributed by atoms with Crippen molar-refractivity contribution in [3.8, 4) is 0 Å². The standard InChI is InChI=1S/C9H7ClN2O2/c10-9-6(2-1-5-11-9)12-7(13)3-4-8(12)14/h1-2,5H,3-4H2. The van der Waals surface area contributed by atoms with E-state index in [0.717, 1.165) is 4.90 Å². The number of aromatic nitrogens is 1. The minimum absolute atomic E-state index is 0.177. The zero-order valence-corrected chi connectivity index (χ0v) is 7.99. The SMILES string of the molecule is O=C1CCC(=O)N1c1cccnc1Cl. The molecule has 0 aromatic carbocycles. The van der Waals surface area contributed by atoms with E-state index >= 15 is 0 Å². The summed E-state index contributed by atoms with van der Waals surface area (Å²) in [6.07, 6.45) is 2.02. The smallest absolute Gasteiger partial charge is 0.234 e. The zero-order valence-electron chi connectivity index (χ0n) is 7.24. The van der Waals surface area contributed by atoms with Gasteiger partial charge in [-0.15, -0.1) is 0 Å². The molecule has 0 saturated carbocycles. The number of carbonyl (C=O) groups is 2. The third-order valence-electron chi connectivity index (χ3n) is 2.03. The Hall–Kier alpha value is -1.42. The van der Waals surface area contributed by atoms with Gasteiger partial charge in [0.15, 0.2) is 5.15 Å². The van der Waals surface area contributed by atoms with Gasteiger partial charge in [0.1, 0.15) is 0 Å². The Morgan fingerprint density at radius 3 is 2.50 bits per heavy atom. The monoisotopic (exact) mass is 210 g/mol. The van der Waals surface area contributed by atoms with Crippen LogP contribution in [0.15, 0.2) is 18.3 Å². The number of carbonyl (C=O) groups excluding carboxylic acids is 2. The molecule has 0 N–H and O–H groups in total. The number of pyridine rings is 1. The lowest BCUT2D eigenvalue weighted by Crippen LogP contribution is -2.28. The molecule has 14 heavy (non-hydrogen) atoms. The van der Waals surface area contributed by atoms with E-state index in [-0.39, 0.29) is 29.8 Å². The highest BCUT2D eigenvalue weighted by atomic mass is 35.5. The predicted octanol–water partition coefficient (Wildman–Crippen LogP) is 1.39. The number of hydrogen-bond donors (Lipinski definition) is 0. The minimum Gasteiger partial charge on any atom is -0.274 e. The maximum absolute atomic E-state index is 11.4. The molecule has 1 aromatic rings. The quantitative estimate of drug-likeness (QED) is 0.520. The molecule has 1 aliphatic rings. The van der Waals surface area contributed by atoms with Crippen molar-refractivity contribution in [2.45, 2.75) is 12.8 Å². The molecule has 1 aliphatic heterocycles. The summed E-state index contributed by atoms with van der Waals surface area (Å²) in [6.45, 7) is 0. The van der Waals surface area contributed by atoms with Gasteiger partial charge in [-0.2, -0.15) is 0 Å². The van der Waals surface area contributed by atoms with Gasteiger partial charge in [0.05, 0.1) is 5.69 Å². The van der Waals surface area contributed by atoms with Gasteiger partial charge in [-0.3, -0.25) is 9.59 Å². The van der Waals surface area contributed by atoms with Gasteiger partial charge in [-0.25, -0.2) is 9.88 Å². The van der Waals surface area contributed by atoms with E-state index < -0.39 is 0 Å². The summed E-state index contributed by atoms with van der Waals surface area (Å²) >= 11 is 5.78. The molecule has 0 unspecified atom stereocenters. The molecule has 1 fully saturated rings. The summed E-state index contributed by atoms with van der Waals surface area (Å²) in [5.41, 5.74) is 0.377. The van der Waals surface area contributed by atoms with Gasteiger partial charge < -0.3 is 0 Å². The lowest BCUT2D eigenvalue weighted by atomic mass is 10.4. The van der Waals surface area contributed by atoms with Crippen LogP contribution < -0.4 is 4.90 Å². The summed E-state index contributed by atoms with van der Waals surface area (Å²) < 4.78 is 0. The van der Waals surface area contributed by atoms with Crippen molar-refractivity contribution < 1.29 is 9.59 Å². The average molecular weight is 211 g/mol. The molecule has 2 rings (SSSR count). The molecule has 5 heteroatoms. The number of nitrogens with zero attached hydrogens (tertiary/aromatic N) is 2. The first-order chi connectivity index (χ1) is 6.70. The number of imide groups is 1. The molecule has 2 amide bonds. The summed E-state index contributed by atoms with van der Waals surface area (Å²) in [6, 6.07) is 3.25. The van der Waals surface area contributed by atoms with Gasteiger partial charge in [0.2, 0.25) is 11.8 Å². The normalized spacial score (nSPS) is 16.5. The van der Waals surface area contributed by atoms with Crippen LogP contribution in [0.5, 0.6) is 0 Å². The van der Waals surface area contributed by atoms with Crippen molar-refractivity contribution >= 4 is 29.1 Å². The van der Waals surface area contributed by atoms with Crippen molar-refractivity contribution in [1.29, 1.82) is 0 Å². The summed E-state index contributed by atoms with van der Waals surface area (Å²) in [5.74, 6) is -0.435. The van der Waals surface area contributed by atoms with Crippen LogP contribution in [-0.2, 0) is 9.59 Å². The van der Waals surface area contributed by atoms with Crippen molar-refractivity contribution in [2.24, 2.45) is 0 Å². The van der Waals surface area contributed by atoms with Crippen molar-refractivity contribution in [1.82, 2.24) is 4.98 Å². The van der Waals surface area contributed by atoms with Gasteiger partial charge in [-0.1, -0.05) is 11.6 Å². The molecule has 0 spiro atoms. The van der Waals surface area contributed by atoms with Gasteiger partial charge in [0, 0.05) is 19.0 Å². The van der Waals surface area contributed by atoms with Crippen LogP contribution >= 0.6 is 11.6 Å².